The number of anilines is 2. The van der Waals surface area contributed by atoms with Crippen molar-refractivity contribution in [3.05, 3.63) is 76.7 Å². The number of nitrogens with zero attached hydrogens (tertiary/aromatic N) is 2. The summed E-state index contributed by atoms with van der Waals surface area (Å²) in [5.74, 6) is 1.04. The van der Waals surface area contributed by atoms with E-state index in [9.17, 15) is 18.5 Å². The van der Waals surface area contributed by atoms with Crippen molar-refractivity contribution in [2.24, 2.45) is 5.10 Å². The van der Waals surface area contributed by atoms with Crippen LogP contribution < -0.4 is 14.9 Å². The van der Waals surface area contributed by atoms with E-state index in [1.54, 1.807) is 31.2 Å². The van der Waals surface area contributed by atoms with Crippen LogP contribution in [0.15, 0.2) is 75.3 Å². The van der Waals surface area contributed by atoms with Gasteiger partial charge >= 0.3 is 0 Å². The molecule has 0 spiro atoms. The Morgan fingerprint density at radius 2 is 1.90 bits per heavy atom. The lowest BCUT2D eigenvalue weighted by atomic mass is 10.3. The molecule has 0 aliphatic rings. The highest BCUT2D eigenvalue weighted by atomic mass is 32.2. The number of nitro benzene ring substituents is 1. The number of non-ortho nitro benzene ring substituents is 1. The van der Waals surface area contributed by atoms with E-state index in [0.29, 0.717) is 17.2 Å². The van der Waals surface area contributed by atoms with Gasteiger partial charge in [-0.2, -0.15) is 5.10 Å². The van der Waals surface area contributed by atoms with E-state index in [2.05, 4.69) is 15.2 Å². The van der Waals surface area contributed by atoms with E-state index >= 15 is 0 Å². The van der Waals surface area contributed by atoms with Crippen LogP contribution in [0.1, 0.15) is 12.7 Å². The van der Waals surface area contributed by atoms with Gasteiger partial charge in [-0.15, -0.1) is 0 Å². The normalized spacial score (nSPS) is 11.7. The molecule has 0 fully saturated rings. The van der Waals surface area contributed by atoms with Gasteiger partial charge < -0.3 is 9.15 Å². The molecule has 0 unspecified atom stereocenters. The van der Waals surface area contributed by atoms with E-state index in [0.717, 1.165) is 6.07 Å². The fourth-order valence-electron chi connectivity index (χ4n) is 2.49. The van der Waals surface area contributed by atoms with Gasteiger partial charge in [-0.05, 0) is 49.4 Å². The SMILES string of the molecule is COc1ccc(NS(=O)(=O)c2cc([N+](=O)[O-])ccc2NN=C(C)c2ccco2)cc1. The van der Waals surface area contributed by atoms with Gasteiger partial charge in [0.15, 0.2) is 0 Å². The summed E-state index contributed by atoms with van der Waals surface area (Å²) in [6, 6.07) is 13.0. The molecule has 0 bridgehead atoms. The predicted octanol–water partition coefficient (Wildman–Crippen LogP) is 3.83. The molecular weight excluding hydrogens is 412 g/mol. The first-order chi connectivity index (χ1) is 14.3. The summed E-state index contributed by atoms with van der Waals surface area (Å²) in [5, 5.41) is 15.3. The van der Waals surface area contributed by atoms with Gasteiger partial charge in [-0.1, -0.05) is 0 Å². The average molecular weight is 430 g/mol. The molecule has 0 saturated heterocycles. The molecule has 30 heavy (non-hydrogen) atoms. The fraction of sp³-hybridized carbons (Fsp3) is 0.105. The molecule has 0 radical (unpaired) electrons. The summed E-state index contributed by atoms with van der Waals surface area (Å²) >= 11 is 0. The molecule has 11 heteroatoms. The molecule has 2 aromatic carbocycles. The minimum Gasteiger partial charge on any atom is -0.497 e. The van der Waals surface area contributed by atoms with Gasteiger partial charge in [0.1, 0.15) is 22.1 Å². The number of nitro groups is 1. The van der Waals surface area contributed by atoms with E-state index in [-0.39, 0.29) is 22.0 Å². The van der Waals surface area contributed by atoms with Crippen molar-refractivity contribution in [1.29, 1.82) is 0 Å². The third kappa shape index (κ3) is 4.75. The van der Waals surface area contributed by atoms with Crippen LogP contribution in [0.25, 0.3) is 0 Å². The Balaban J connectivity index is 1.96. The molecule has 10 nitrogen and oxygen atoms in total. The van der Waals surface area contributed by atoms with Gasteiger partial charge in [0.2, 0.25) is 0 Å². The van der Waals surface area contributed by atoms with Crippen LogP contribution in [0.4, 0.5) is 17.1 Å². The predicted molar refractivity (Wildman–Crippen MR) is 111 cm³/mol. The van der Waals surface area contributed by atoms with Crippen LogP contribution in [-0.4, -0.2) is 26.2 Å². The third-order valence-corrected chi connectivity index (χ3v) is 5.45. The van der Waals surface area contributed by atoms with Crippen molar-refractivity contribution in [1.82, 2.24) is 0 Å². The summed E-state index contributed by atoms with van der Waals surface area (Å²) in [6.07, 6.45) is 1.48. The zero-order chi connectivity index (χ0) is 21.7. The quantitative estimate of drug-likeness (QED) is 0.315. The summed E-state index contributed by atoms with van der Waals surface area (Å²) in [5.41, 5.74) is 3.06. The number of furan rings is 1. The number of rotatable bonds is 8. The van der Waals surface area contributed by atoms with Gasteiger partial charge in [-0.25, -0.2) is 8.42 Å². The first-order valence-corrected chi connectivity index (χ1v) is 10.1. The van der Waals surface area contributed by atoms with Crippen molar-refractivity contribution in [2.45, 2.75) is 11.8 Å². The monoisotopic (exact) mass is 430 g/mol. The Morgan fingerprint density at radius 3 is 2.50 bits per heavy atom. The van der Waals surface area contributed by atoms with Crippen LogP contribution in [-0.2, 0) is 10.0 Å². The molecule has 0 aliphatic carbocycles. The largest absolute Gasteiger partial charge is 0.497 e. The molecule has 0 atom stereocenters. The number of hydrazone groups is 1. The average Bonchev–Trinajstić information content (AvgIpc) is 3.27. The van der Waals surface area contributed by atoms with Crippen molar-refractivity contribution >= 4 is 32.8 Å². The highest BCUT2D eigenvalue weighted by Crippen LogP contribution is 2.29. The Kier molecular flexibility index (Phi) is 6.02. The van der Waals surface area contributed by atoms with Crippen molar-refractivity contribution in [3.8, 4) is 5.75 Å². The van der Waals surface area contributed by atoms with Crippen molar-refractivity contribution in [3.63, 3.8) is 0 Å². The number of ether oxygens (including phenoxy) is 1. The Morgan fingerprint density at radius 1 is 1.17 bits per heavy atom. The molecule has 2 N–H and O–H groups in total. The minimum atomic E-state index is -4.17. The molecule has 3 aromatic rings. The zero-order valence-corrected chi connectivity index (χ0v) is 16.8. The molecule has 156 valence electrons. The van der Waals surface area contributed by atoms with Crippen LogP contribution in [0.2, 0.25) is 0 Å². The Labute approximate surface area is 172 Å². The van der Waals surface area contributed by atoms with E-state index in [4.69, 9.17) is 9.15 Å². The van der Waals surface area contributed by atoms with Gasteiger partial charge in [0.05, 0.1) is 24.0 Å². The highest BCUT2D eigenvalue weighted by Gasteiger charge is 2.23. The number of nitrogens with one attached hydrogen (secondary N) is 2. The van der Waals surface area contributed by atoms with Gasteiger partial charge in [0.25, 0.3) is 15.7 Å². The number of benzene rings is 2. The maximum Gasteiger partial charge on any atom is 0.270 e. The van der Waals surface area contributed by atoms with Crippen LogP contribution in [0.5, 0.6) is 5.75 Å². The Bertz CT molecular complexity index is 1170. The minimum absolute atomic E-state index is 0.0625. The summed E-state index contributed by atoms with van der Waals surface area (Å²) < 4.78 is 38.6. The number of methoxy groups -OCH3 is 1. The van der Waals surface area contributed by atoms with Gasteiger partial charge in [-0.3, -0.25) is 20.3 Å². The van der Waals surface area contributed by atoms with Crippen LogP contribution in [0, 0.1) is 10.1 Å². The van der Waals surface area contributed by atoms with Crippen molar-refractivity contribution < 1.29 is 22.5 Å². The van der Waals surface area contributed by atoms with E-state index in [1.807, 2.05) is 0 Å². The smallest absolute Gasteiger partial charge is 0.270 e. The summed E-state index contributed by atoms with van der Waals surface area (Å²) in [7, 11) is -2.68. The molecule has 0 saturated carbocycles. The summed E-state index contributed by atoms with van der Waals surface area (Å²) in [4.78, 5) is 10.2. The maximum atomic E-state index is 13.0. The topological polar surface area (TPSA) is 136 Å². The highest BCUT2D eigenvalue weighted by molar-refractivity contribution is 7.92. The Hall–Kier alpha value is -3.86. The first kappa shape index (κ1) is 20.9. The molecule has 3 rings (SSSR count). The molecular formula is C19H18N4O6S. The zero-order valence-electron chi connectivity index (χ0n) is 16.0. The number of hydrogen-bond acceptors (Lipinski definition) is 8. The second-order valence-corrected chi connectivity index (χ2v) is 7.71. The maximum absolute atomic E-state index is 13.0. The second kappa shape index (κ2) is 8.66. The molecule has 1 heterocycles. The molecule has 1 aromatic heterocycles. The lowest BCUT2D eigenvalue weighted by Gasteiger charge is -2.12. The standard InChI is InChI=1S/C19H18N4O6S/c1-13(18-4-3-11-29-18)20-21-17-10-7-15(23(24)25)12-19(17)30(26,27)22-14-5-8-16(28-2)9-6-14/h3-12,21-22H,1-2H3. The third-order valence-electron chi connectivity index (χ3n) is 4.03. The van der Waals surface area contributed by atoms with Crippen LogP contribution in [0.3, 0.4) is 0 Å². The molecule has 0 aliphatic heterocycles. The summed E-state index contributed by atoms with van der Waals surface area (Å²) in [6.45, 7) is 1.67. The van der Waals surface area contributed by atoms with Gasteiger partial charge in [0, 0.05) is 17.8 Å². The second-order valence-electron chi connectivity index (χ2n) is 6.06. The van der Waals surface area contributed by atoms with E-state index in [1.165, 1.54) is 37.6 Å². The van der Waals surface area contributed by atoms with E-state index < -0.39 is 14.9 Å². The molecule has 0 amide bonds. The first-order valence-electron chi connectivity index (χ1n) is 8.59. The lowest BCUT2D eigenvalue weighted by Crippen LogP contribution is -2.15. The number of hydrogen-bond donors (Lipinski definition) is 2. The fourth-order valence-corrected chi connectivity index (χ4v) is 3.73. The number of sulfonamides is 1. The van der Waals surface area contributed by atoms with Crippen LogP contribution >= 0.6 is 0 Å². The van der Waals surface area contributed by atoms with Crippen molar-refractivity contribution in [2.75, 3.05) is 17.3 Å². The lowest BCUT2D eigenvalue weighted by molar-refractivity contribution is -0.385.